The molecule has 2 aliphatic rings. The van der Waals surface area contributed by atoms with Gasteiger partial charge < -0.3 is 10.2 Å². The van der Waals surface area contributed by atoms with Gasteiger partial charge in [-0.3, -0.25) is 4.79 Å². The number of nitrogens with one attached hydrogen (secondary N) is 1. The largest absolute Gasteiger partial charge is 0.344 e. The van der Waals surface area contributed by atoms with Gasteiger partial charge in [0.2, 0.25) is 5.91 Å². The van der Waals surface area contributed by atoms with E-state index in [4.69, 9.17) is 0 Å². The van der Waals surface area contributed by atoms with E-state index in [0.717, 1.165) is 25.9 Å². The third-order valence-corrected chi connectivity index (χ3v) is 4.48. The molecular formula is C14H26N2O. The van der Waals surface area contributed by atoms with E-state index in [0.29, 0.717) is 11.9 Å². The number of likely N-dealkylation sites (N-methyl/N-ethyl adjacent to an activating group) is 1. The van der Waals surface area contributed by atoms with Crippen LogP contribution in [0.3, 0.4) is 0 Å². The monoisotopic (exact) mass is 238 g/mol. The predicted molar refractivity (Wildman–Crippen MR) is 69.9 cm³/mol. The first-order valence-electron chi connectivity index (χ1n) is 7.11. The minimum Gasteiger partial charge on any atom is -0.344 e. The third kappa shape index (κ3) is 3.01. The molecule has 1 unspecified atom stereocenters. The van der Waals surface area contributed by atoms with Crippen molar-refractivity contribution < 1.29 is 4.79 Å². The minimum atomic E-state index is -0.0661. The van der Waals surface area contributed by atoms with Gasteiger partial charge >= 0.3 is 0 Å². The molecule has 0 aromatic rings. The first-order chi connectivity index (χ1) is 8.12. The second kappa shape index (κ2) is 5.38. The van der Waals surface area contributed by atoms with Gasteiger partial charge in [-0.25, -0.2) is 0 Å². The fraction of sp³-hybridized carbons (Fsp3) is 0.929. The highest BCUT2D eigenvalue weighted by Crippen LogP contribution is 2.38. The Hall–Kier alpha value is -0.570. The zero-order valence-electron chi connectivity index (χ0n) is 11.3. The summed E-state index contributed by atoms with van der Waals surface area (Å²) in [4.78, 5) is 14.4. The van der Waals surface area contributed by atoms with Crippen LogP contribution in [0.25, 0.3) is 0 Å². The Labute approximate surface area is 105 Å². The van der Waals surface area contributed by atoms with Crippen LogP contribution >= 0.6 is 0 Å². The maximum atomic E-state index is 12.4. The molecule has 98 valence electrons. The number of nitrogens with zero attached hydrogens (tertiary/aromatic N) is 1. The Morgan fingerprint density at radius 3 is 2.59 bits per heavy atom. The quantitative estimate of drug-likeness (QED) is 0.817. The summed E-state index contributed by atoms with van der Waals surface area (Å²) in [5.74, 6) is 0.363. The molecule has 1 amide bonds. The van der Waals surface area contributed by atoms with Crippen LogP contribution in [0.4, 0.5) is 0 Å². The summed E-state index contributed by atoms with van der Waals surface area (Å²) >= 11 is 0. The average molecular weight is 238 g/mol. The summed E-state index contributed by atoms with van der Waals surface area (Å²) in [5, 5.41) is 3.51. The minimum absolute atomic E-state index is 0.0661. The standard InChI is InChI=1S/C14H26N2O/c1-14(8-4-5-9-14)13(17)16(2)11-12-7-3-6-10-15-12/h12,15H,3-11H2,1-2H3. The lowest BCUT2D eigenvalue weighted by molar-refractivity contribution is -0.140. The molecule has 1 saturated heterocycles. The van der Waals surface area contributed by atoms with Gasteiger partial charge in [-0.1, -0.05) is 26.2 Å². The van der Waals surface area contributed by atoms with Gasteiger partial charge in [0.05, 0.1) is 0 Å². The highest BCUT2D eigenvalue weighted by molar-refractivity contribution is 5.82. The van der Waals surface area contributed by atoms with E-state index >= 15 is 0 Å². The van der Waals surface area contributed by atoms with Crippen molar-refractivity contribution in [3.63, 3.8) is 0 Å². The second-order valence-corrected chi connectivity index (χ2v) is 6.10. The van der Waals surface area contributed by atoms with Crippen LogP contribution in [0, 0.1) is 5.41 Å². The molecule has 3 heteroatoms. The number of hydrogen-bond acceptors (Lipinski definition) is 2. The molecule has 1 saturated carbocycles. The Morgan fingerprint density at radius 2 is 2.00 bits per heavy atom. The van der Waals surface area contributed by atoms with Crippen LogP contribution in [0.2, 0.25) is 0 Å². The first-order valence-corrected chi connectivity index (χ1v) is 7.11. The number of carbonyl (C=O) groups excluding carboxylic acids is 1. The first kappa shape index (κ1) is 12.9. The smallest absolute Gasteiger partial charge is 0.228 e. The zero-order valence-corrected chi connectivity index (χ0v) is 11.3. The molecule has 2 fully saturated rings. The topological polar surface area (TPSA) is 32.3 Å². The number of rotatable bonds is 3. The van der Waals surface area contributed by atoms with Crippen LogP contribution in [-0.2, 0) is 4.79 Å². The molecule has 0 bridgehead atoms. The summed E-state index contributed by atoms with van der Waals surface area (Å²) < 4.78 is 0. The van der Waals surface area contributed by atoms with Crippen molar-refractivity contribution in [2.24, 2.45) is 5.41 Å². The number of hydrogen-bond donors (Lipinski definition) is 1. The van der Waals surface area contributed by atoms with Crippen molar-refractivity contribution in [2.45, 2.75) is 57.9 Å². The average Bonchev–Trinajstić information content (AvgIpc) is 2.78. The van der Waals surface area contributed by atoms with Gasteiger partial charge in [-0.05, 0) is 32.2 Å². The molecule has 2 rings (SSSR count). The fourth-order valence-electron chi connectivity index (χ4n) is 3.32. The van der Waals surface area contributed by atoms with Crippen molar-refractivity contribution in [3.8, 4) is 0 Å². The lowest BCUT2D eigenvalue weighted by Crippen LogP contribution is -2.47. The molecule has 1 aliphatic carbocycles. The Balaban J connectivity index is 1.85. The molecule has 1 heterocycles. The van der Waals surface area contributed by atoms with E-state index in [1.807, 2.05) is 11.9 Å². The number of amides is 1. The van der Waals surface area contributed by atoms with Crippen LogP contribution in [0.15, 0.2) is 0 Å². The molecule has 0 spiro atoms. The SMILES string of the molecule is CN(CC1CCCCN1)C(=O)C1(C)CCCC1. The molecule has 1 aliphatic heterocycles. The van der Waals surface area contributed by atoms with Gasteiger partial charge in [0.1, 0.15) is 0 Å². The molecule has 1 atom stereocenters. The van der Waals surface area contributed by atoms with Gasteiger partial charge in [0.25, 0.3) is 0 Å². The predicted octanol–water partition coefficient (Wildman–Crippen LogP) is 2.17. The summed E-state index contributed by atoms with van der Waals surface area (Å²) in [7, 11) is 1.97. The lowest BCUT2D eigenvalue weighted by Gasteiger charge is -2.33. The highest BCUT2D eigenvalue weighted by Gasteiger charge is 2.38. The lowest BCUT2D eigenvalue weighted by atomic mass is 9.87. The summed E-state index contributed by atoms with van der Waals surface area (Å²) in [6, 6.07) is 0.516. The zero-order chi connectivity index (χ0) is 12.3. The van der Waals surface area contributed by atoms with Crippen LogP contribution in [0.1, 0.15) is 51.9 Å². The van der Waals surface area contributed by atoms with Crippen molar-refractivity contribution >= 4 is 5.91 Å². The van der Waals surface area contributed by atoms with Gasteiger partial charge in [0.15, 0.2) is 0 Å². The second-order valence-electron chi connectivity index (χ2n) is 6.10. The Bertz CT molecular complexity index is 265. The maximum Gasteiger partial charge on any atom is 0.228 e. The molecular weight excluding hydrogens is 212 g/mol. The molecule has 3 nitrogen and oxygen atoms in total. The van der Waals surface area contributed by atoms with E-state index < -0.39 is 0 Å². The van der Waals surface area contributed by atoms with E-state index in [9.17, 15) is 4.79 Å². The maximum absolute atomic E-state index is 12.4. The highest BCUT2D eigenvalue weighted by atomic mass is 16.2. The van der Waals surface area contributed by atoms with Crippen molar-refractivity contribution in [1.82, 2.24) is 10.2 Å². The van der Waals surface area contributed by atoms with Gasteiger partial charge in [-0.2, -0.15) is 0 Å². The van der Waals surface area contributed by atoms with E-state index in [1.54, 1.807) is 0 Å². The molecule has 0 aromatic heterocycles. The van der Waals surface area contributed by atoms with E-state index in [1.165, 1.54) is 32.1 Å². The molecule has 0 aromatic carbocycles. The fourth-order valence-corrected chi connectivity index (χ4v) is 3.32. The summed E-state index contributed by atoms with van der Waals surface area (Å²) in [5.41, 5.74) is -0.0661. The van der Waals surface area contributed by atoms with E-state index in [-0.39, 0.29) is 5.41 Å². The normalized spacial score (nSPS) is 28.0. The van der Waals surface area contributed by atoms with Crippen LogP contribution in [0.5, 0.6) is 0 Å². The van der Waals surface area contributed by atoms with Gasteiger partial charge in [-0.15, -0.1) is 0 Å². The van der Waals surface area contributed by atoms with Crippen molar-refractivity contribution in [1.29, 1.82) is 0 Å². The summed E-state index contributed by atoms with van der Waals surface area (Å²) in [6.45, 7) is 4.14. The Morgan fingerprint density at radius 1 is 1.29 bits per heavy atom. The molecule has 0 radical (unpaired) electrons. The number of carbonyl (C=O) groups is 1. The van der Waals surface area contributed by atoms with E-state index in [2.05, 4.69) is 12.2 Å². The summed E-state index contributed by atoms with van der Waals surface area (Å²) in [6.07, 6.45) is 8.40. The third-order valence-electron chi connectivity index (χ3n) is 4.48. The Kier molecular flexibility index (Phi) is 4.08. The van der Waals surface area contributed by atoms with Crippen LogP contribution < -0.4 is 5.32 Å². The van der Waals surface area contributed by atoms with Crippen molar-refractivity contribution in [3.05, 3.63) is 0 Å². The van der Waals surface area contributed by atoms with Gasteiger partial charge in [0, 0.05) is 25.0 Å². The molecule has 17 heavy (non-hydrogen) atoms. The van der Waals surface area contributed by atoms with Crippen molar-refractivity contribution in [2.75, 3.05) is 20.1 Å². The number of piperidine rings is 1. The molecule has 1 N–H and O–H groups in total. The van der Waals surface area contributed by atoms with Crippen LogP contribution in [-0.4, -0.2) is 37.0 Å².